The van der Waals surface area contributed by atoms with Crippen LogP contribution in [0.3, 0.4) is 0 Å². The molecule has 0 spiro atoms. The second-order valence-electron chi connectivity index (χ2n) is 7.81. The van der Waals surface area contributed by atoms with Crippen molar-refractivity contribution in [2.75, 3.05) is 5.32 Å². The van der Waals surface area contributed by atoms with Gasteiger partial charge >= 0.3 is 0 Å². The smallest absolute Gasteiger partial charge is 0.249 e. The van der Waals surface area contributed by atoms with Crippen molar-refractivity contribution in [1.29, 1.82) is 0 Å². The van der Waals surface area contributed by atoms with E-state index in [1.165, 1.54) is 12.0 Å². The molecule has 146 valence electrons. The van der Waals surface area contributed by atoms with Crippen LogP contribution in [-0.2, 0) is 11.3 Å². The highest BCUT2D eigenvalue weighted by Gasteiger charge is 2.26. The highest BCUT2D eigenvalue weighted by atomic mass is 16.4. The van der Waals surface area contributed by atoms with E-state index in [1.807, 2.05) is 50.5 Å². The molecule has 28 heavy (non-hydrogen) atoms. The van der Waals surface area contributed by atoms with Gasteiger partial charge in [-0.15, -0.1) is 10.2 Å². The van der Waals surface area contributed by atoms with Crippen LogP contribution in [0.15, 0.2) is 28.7 Å². The number of benzene rings is 1. The fourth-order valence-corrected chi connectivity index (χ4v) is 3.71. The van der Waals surface area contributed by atoms with Crippen LogP contribution in [0, 0.1) is 27.7 Å². The van der Waals surface area contributed by atoms with Crippen molar-refractivity contribution in [1.82, 2.24) is 14.8 Å². The van der Waals surface area contributed by atoms with E-state index in [9.17, 15) is 4.79 Å². The monoisotopic (exact) mass is 378 g/mol. The minimum atomic E-state index is -0.0546. The van der Waals surface area contributed by atoms with E-state index in [-0.39, 0.29) is 12.5 Å². The molecule has 0 aliphatic heterocycles. The molecule has 0 saturated heterocycles. The minimum Gasteiger partial charge on any atom is -0.420 e. The van der Waals surface area contributed by atoms with Gasteiger partial charge in [0.15, 0.2) is 0 Å². The number of hydrogen-bond donors (Lipinski definition) is 1. The molecular weight excluding hydrogens is 352 g/mol. The van der Waals surface area contributed by atoms with Crippen molar-refractivity contribution in [3.8, 4) is 11.5 Å². The number of nitrogens with zero attached hydrogens (tertiary/aromatic N) is 3. The largest absolute Gasteiger partial charge is 0.420 e. The second kappa shape index (κ2) is 7.26. The summed E-state index contributed by atoms with van der Waals surface area (Å²) in [7, 11) is 0. The van der Waals surface area contributed by atoms with Gasteiger partial charge in [0.1, 0.15) is 6.54 Å². The Balaban J connectivity index is 1.52. The summed E-state index contributed by atoms with van der Waals surface area (Å²) in [5.41, 5.74) is 5.93. The van der Waals surface area contributed by atoms with E-state index in [1.54, 1.807) is 0 Å². The number of amides is 1. The number of rotatable bonds is 5. The van der Waals surface area contributed by atoms with Crippen molar-refractivity contribution >= 4 is 11.6 Å². The number of carbonyl (C=O) groups is 1. The Morgan fingerprint density at radius 2 is 1.96 bits per heavy atom. The van der Waals surface area contributed by atoms with Crippen molar-refractivity contribution in [2.45, 2.75) is 59.4 Å². The molecule has 3 aromatic rings. The average Bonchev–Trinajstić information content (AvgIpc) is 3.16. The fraction of sp³-hybridized carbons (Fsp3) is 0.409. The molecule has 0 atom stereocenters. The highest BCUT2D eigenvalue weighted by Crippen LogP contribution is 2.37. The van der Waals surface area contributed by atoms with Gasteiger partial charge in [-0.05, 0) is 58.2 Å². The molecule has 1 N–H and O–H groups in total. The maximum atomic E-state index is 12.6. The van der Waals surface area contributed by atoms with E-state index in [0.29, 0.717) is 11.8 Å². The van der Waals surface area contributed by atoms with Crippen molar-refractivity contribution in [3.05, 3.63) is 52.7 Å². The third-order valence-corrected chi connectivity index (χ3v) is 5.66. The summed E-state index contributed by atoms with van der Waals surface area (Å²) in [6, 6.07) is 8.03. The molecule has 1 fully saturated rings. The number of aryl methyl sites for hydroxylation is 3. The fourth-order valence-electron chi connectivity index (χ4n) is 3.71. The van der Waals surface area contributed by atoms with E-state index in [0.717, 1.165) is 46.9 Å². The summed E-state index contributed by atoms with van der Waals surface area (Å²) >= 11 is 0. The van der Waals surface area contributed by atoms with Gasteiger partial charge in [0.2, 0.25) is 17.7 Å². The highest BCUT2D eigenvalue weighted by molar-refractivity contribution is 5.91. The summed E-state index contributed by atoms with van der Waals surface area (Å²) in [6.07, 6.45) is 3.48. The zero-order chi connectivity index (χ0) is 19.8. The lowest BCUT2D eigenvalue weighted by Gasteiger charge is -2.20. The summed E-state index contributed by atoms with van der Waals surface area (Å²) in [4.78, 5) is 12.6. The topological polar surface area (TPSA) is 73.0 Å². The Labute approximate surface area is 165 Å². The predicted octanol–water partition coefficient (Wildman–Crippen LogP) is 4.68. The number of anilines is 1. The predicted molar refractivity (Wildman–Crippen MR) is 108 cm³/mol. The third-order valence-electron chi connectivity index (χ3n) is 5.66. The molecule has 4 rings (SSSR count). The molecule has 6 heteroatoms. The third kappa shape index (κ3) is 3.46. The number of carbonyl (C=O) groups excluding carboxylic acids is 1. The zero-order valence-corrected chi connectivity index (χ0v) is 16.9. The average molecular weight is 378 g/mol. The standard InChI is InChI=1S/C22H26N4O2/c1-13-8-9-19(14(2)10-13)23-20(27)12-26-15(3)11-18(16(26)4)22-25-24-21(28-22)17-6-5-7-17/h8-11,17H,5-7,12H2,1-4H3,(H,23,27). The molecule has 0 bridgehead atoms. The second-order valence-corrected chi connectivity index (χ2v) is 7.81. The van der Waals surface area contributed by atoms with E-state index in [4.69, 9.17) is 4.42 Å². The molecule has 0 radical (unpaired) electrons. The van der Waals surface area contributed by atoms with Gasteiger partial charge in [-0.3, -0.25) is 4.79 Å². The van der Waals surface area contributed by atoms with Crippen molar-refractivity contribution in [2.24, 2.45) is 0 Å². The first-order chi connectivity index (χ1) is 13.4. The van der Waals surface area contributed by atoms with Crippen LogP contribution in [0.2, 0.25) is 0 Å². The van der Waals surface area contributed by atoms with E-state index in [2.05, 4.69) is 21.6 Å². The van der Waals surface area contributed by atoms with Crippen LogP contribution in [0.5, 0.6) is 0 Å². The summed E-state index contributed by atoms with van der Waals surface area (Å²) in [5, 5.41) is 11.5. The van der Waals surface area contributed by atoms with Gasteiger partial charge in [0, 0.05) is 23.0 Å². The lowest BCUT2D eigenvalue weighted by molar-refractivity contribution is -0.116. The molecule has 2 aromatic heterocycles. The van der Waals surface area contributed by atoms with Crippen molar-refractivity contribution < 1.29 is 9.21 Å². The quantitative estimate of drug-likeness (QED) is 0.700. The SMILES string of the molecule is Cc1ccc(NC(=O)Cn2c(C)cc(-c3nnc(C4CCC4)o3)c2C)c(C)c1. The van der Waals surface area contributed by atoms with Crippen LogP contribution in [0.4, 0.5) is 5.69 Å². The zero-order valence-electron chi connectivity index (χ0n) is 16.9. The number of hydrogen-bond acceptors (Lipinski definition) is 4. The maximum absolute atomic E-state index is 12.6. The molecular formula is C22H26N4O2. The molecule has 1 aromatic carbocycles. The molecule has 1 saturated carbocycles. The molecule has 1 aliphatic carbocycles. The van der Waals surface area contributed by atoms with Gasteiger partial charge in [-0.25, -0.2) is 0 Å². The molecule has 1 aliphatic rings. The Morgan fingerprint density at radius 3 is 2.64 bits per heavy atom. The minimum absolute atomic E-state index is 0.0546. The molecule has 1 amide bonds. The van der Waals surface area contributed by atoms with Gasteiger partial charge < -0.3 is 14.3 Å². The summed E-state index contributed by atoms with van der Waals surface area (Å²) in [6.45, 7) is 8.27. The molecule has 2 heterocycles. The van der Waals surface area contributed by atoms with Gasteiger partial charge in [0.25, 0.3) is 0 Å². The van der Waals surface area contributed by atoms with Crippen LogP contribution < -0.4 is 5.32 Å². The Morgan fingerprint density at radius 1 is 1.18 bits per heavy atom. The van der Waals surface area contributed by atoms with E-state index >= 15 is 0 Å². The number of aromatic nitrogens is 3. The first-order valence-corrected chi connectivity index (χ1v) is 9.80. The molecule has 0 unspecified atom stereocenters. The van der Waals surface area contributed by atoms with Gasteiger partial charge in [0.05, 0.1) is 5.56 Å². The first-order valence-electron chi connectivity index (χ1n) is 9.80. The lowest BCUT2D eigenvalue weighted by Crippen LogP contribution is -2.20. The number of nitrogens with one attached hydrogen (secondary N) is 1. The Bertz CT molecular complexity index is 1030. The normalized spacial score (nSPS) is 14.1. The van der Waals surface area contributed by atoms with Crippen LogP contribution in [0.25, 0.3) is 11.5 Å². The maximum Gasteiger partial charge on any atom is 0.249 e. The summed E-state index contributed by atoms with van der Waals surface area (Å²) in [5.74, 6) is 1.63. The van der Waals surface area contributed by atoms with E-state index < -0.39 is 0 Å². The summed E-state index contributed by atoms with van der Waals surface area (Å²) < 4.78 is 7.90. The van der Waals surface area contributed by atoms with Gasteiger partial charge in [-0.1, -0.05) is 24.1 Å². The Hall–Kier alpha value is -2.89. The lowest BCUT2D eigenvalue weighted by atomic mass is 9.85. The Kier molecular flexibility index (Phi) is 4.79. The van der Waals surface area contributed by atoms with Crippen molar-refractivity contribution in [3.63, 3.8) is 0 Å². The van der Waals surface area contributed by atoms with Gasteiger partial charge in [-0.2, -0.15) is 0 Å². The van der Waals surface area contributed by atoms with Crippen LogP contribution in [0.1, 0.15) is 53.6 Å². The van der Waals surface area contributed by atoms with Crippen LogP contribution >= 0.6 is 0 Å². The van der Waals surface area contributed by atoms with Crippen LogP contribution in [-0.4, -0.2) is 20.7 Å². The first kappa shape index (κ1) is 18.5. The molecule has 6 nitrogen and oxygen atoms in total.